The Balaban J connectivity index is 2.32. The summed E-state index contributed by atoms with van der Waals surface area (Å²) in [6, 6.07) is -1.00. The summed E-state index contributed by atoms with van der Waals surface area (Å²) >= 11 is 0. The van der Waals surface area contributed by atoms with Crippen molar-refractivity contribution in [1.82, 2.24) is 4.90 Å². The van der Waals surface area contributed by atoms with E-state index in [1.54, 1.807) is 11.8 Å². The van der Waals surface area contributed by atoms with Crippen molar-refractivity contribution in [3.63, 3.8) is 0 Å². The van der Waals surface area contributed by atoms with Crippen molar-refractivity contribution < 1.29 is 24.2 Å². The number of likely N-dealkylation sites (tertiary alicyclic amines) is 1. The van der Waals surface area contributed by atoms with Crippen LogP contribution in [-0.4, -0.2) is 53.6 Å². The van der Waals surface area contributed by atoms with Crippen LogP contribution in [0.5, 0.6) is 0 Å². The normalized spacial score (nSPS) is 17.6. The summed E-state index contributed by atoms with van der Waals surface area (Å²) < 4.78 is 4.96. The van der Waals surface area contributed by atoms with Gasteiger partial charge in [-0.25, -0.2) is 0 Å². The van der Waals surface area contributed by atoms with Gasteiger partial charge in [0.25, 0.3) is 0 Å². The lowest BCUT2D eigenvalue weighted by atomic mass is 9.96. The van der Waals surface area contributed by atoms with E-state index < -0.39 is 12.0 Å². The lowest BCUT2D eigenvalue weighted by Crippen LogP contribution is -2.41. The van der Waals surface area contributed by atoms with Crippen molar-refractivity contribution >= 4 is 17.8 Å². The molecule has 0 saturated carbocycles. The summed E-state index contributed by atoms with van der Waals surface area (Å²) in [5.41, 5.74) is 5.36. The average Bonchev–Trinajstić information content (AvgIpc) is 2.44. The molecule has 1 aliphatic heterocycles. The Morgan fingerprint density at radius 1 is 1.35 bits per heavy atom. The van der Waals surface area contributed by atoms with Crippen LogP contribution in [0.1, 0.15) is 32.6 Å². The fourth-order valence-corrected chi connectivity index (χ4v) is 2.19. The number of carboxylic acid groups (broad SMARTS) is 1. The second kappa shape index (κ2) is 7.84. The zero-order valence-electron chi connectivity index (χ0n) is 11.7. The number of nitrogens with zero attached hydrogens (tertiary/aromatic N) is 1. The number of rotatable bonds is 6. The van der Waals surface area contributed by atoms with E-state index in [9.17, 15) is 14.4 Å². The minimum atomic E-state index is -1.10. The van der Waals surface area contributed by atoms with Crippen molar-refractivity contribution in [2.45, 2.75) is 38.6 Å². The predicted molar refractivity (Wildman–Crippen MR) is 70.8 cm³/mol. The summed E-state index contributed by atoms with van der Waals surface area (Å²) in [6.07, 6.45) is 1.44. The van der Waals surface area contributed by atoms with Gasteiger partial charge in [0.15, 0.2) is 0 Å². The van der Waals surface area contributed by atoms with E-state index in [2.05, 4.69) is 0 Å². The number of aliphatic carboxylic acids is 1. The molecule has 0 aromatic rings. The Kier molecular flexibility index (Phi) is 6.44. The Bertz CT molecular complexity index is 364. The summed E-state index contributed by atoms with van der Waals surface area (Å²) in [7, 11) is 0. The van der Waals surface area contributed by atoms with Gasteiger partial charge in [0.2, 0.25) is 5.91 Å². The van der Waals surface area contributed by atoms with Crippen LogP contribution in [-0.2, 0) is 19.1 Å². The fourth-order valence-electron chi connectivity index (χ4n) is 2.19. The molecule has 0 unspecified atom stereocenters. The van der Waals surface area contributed by atoms with Crippen LogP contribution in [0.15, 0.2) is 0 Å². The van der Waals surface area contributed by atoms with E-state index in [4.69, 9.17) is 15.6 Å². The van der Waals surface area contributed by atoms with Crippen molar-refractivity contribution in [2.24, 2.45) is 11.7 Å². The van der Waals surface area contributed by atoms with Gasteiger partial charge in [-0.1, -0.05) is 0 Å². The third-order valence-electron chi connectivity index (χ3n) is 3.45. The summed E-state index contributed by atoms with van der Waals surface area (Å²) in [5.74, 6) is -1.55. The highest BCUT2D eigenvalue weighted by atomic mass is 16.5. The molecule has 1 rings (SSSR count). The van der Waals surface area contributed by atoms with E-state index >= 15 is 0 Å². The van der Waals surface area contributed by atoms with Crippen LogP contribution >= 0.6 is 0 Å². The number of piperidine rings is 1. The monoisotopic (exact) mass is 286 g/mol. The number of ether oxygens (including phenoxy) is 1. The van der Waals surface area contributed by atoms with Gasteiger partial charge in [0.05, 0.1) is 12.5 Å². The second-order valence-corrected chi connectivity index (χ2v) is 4.89. The van der Waals surface area contributed by atoms with E-state index in [0.29, 0.717) is 32.5 Å². The first-order valence-electron chi connectivity index (χ1n) is 6.88. The number of hydrogen-bond acceptors (Lipinski definition) is 5. The van der Waals surface area contributed by atoms with Gasteiger partial charge in [0.1, 0.15) is 6.04 Å². The van der Waals surface area contributed by atoms with Gasteiger partial charge in [-0.05, 0) is 26.2 Å². The zero-order chi connectivity index (χ0) is 15.1. The van der Waals surface area contributed by atoms with Crippen molar-refractivity contribution in [1.29, 1.82) is 0 Å². The SMILES string of the molecule is CCOC(=O)C1CCN(C(=O)CC[C@H](N)C(=O)O)CC1. The molecule has 114 valence electrons. The van der Waals surface area contributed by atoms with Crippen molar-refractivity contribution in [2.75, 3.05) is 19.7 Å². The predicted octanol–water partition coefficient (Wildman–Crippen LogP) is -0.0198. The first-order chi connectivity index (χ1) is 9.45. The van der Waals surface area contributed by atoms with Gasteiger partial charge < -0.3 is 20.5 Å². The van der Waals surface area contributed by atoms with Crippen LogP contribution < -0.4 is 5.73 Å². The third-order valence-corrected chi connectivity index (χ3v) is 3.45. The van der Waals surface area contributed by atoms with E-state index in [1.807, 2.05) is 0 Å². The molecule has 1 fully saturated rings. The molecule has 0 aromatic heterocycles. The van der Waals surface area contributed by atoms with Gasteiger partial charge in [-0.3, -0.25) is 14.4 Å². The maximum Gasteiger partial charge on any atom is 0.320 e. The highest BCUT2D eigenvalue weighted by Gasteiger charge is 2.28. The molecule has 1 heterocycles. The molecule has 20 heavy (non-hydrogen) atoms. The van der Waals surface area contributed by atoms with E-state index in [0.717, 1.165) is 0 Å². The molecule has 1 atom stereocenters. The molecule has 0 bridgehead atoms. The number of amides is 1. The first-order valence-corrected chi connectivity index (χ1v) is 6.88. The van der Waals surface area contributed by atoms with Crippen LogP contribution in [0, 0.1) is 5.92 Å². The first kappa shape index (κ1) is 16.4. The number of hydrogen-bond donors (Lipinski definition) is 2. The standard InChI is InChI=1S/C13H22N2O5/c1-2-20-13(19)9-5-7-15(8-6-9)11(16)4-3-10(14)12(17)18/h9-10H,2-8,14H2,1H3,(H,17,18)/t10-/m0/s1. The third kappa shape index (κ3) is 4.80. The van der Waals surface area contributed by atoms with Crippen LogP contribution in [0.2, 0.25) is 0 Å². The number of carbonyl (C=O) groups excluding carboxylic acids is 2. The minimum Gasteiger partial charge on any atom is -0.480 e. The van der Waals surface area contributed by atoms with Crippen LogP contribution in [0.4, 0.5) is 0 Å². The Hall–Kier alpha value is -1.63. The zero-order valence-corrected chi connectivity index (χ0v) is 11.7. The Labute approximate surface area is 118 Å². The highest BCUT2D eigenvalue weighted by Crippen LogP contribution is 2.19. The quantitative estimate of drug-likeness (QED) is 0.664. The largest absolute Gasteiger partial charge is 0.480 e. The molecule has 3 N–H and O–H groups in total. The average molecular weight is 286 g/mol. The lowest BCUT2D eigenvalue weighted by Gasteiger charge is -2.31. The Morgan fingerprint density at radius 3 is 2.45 bits per heavy atom. The van der Waals surface area contributed by atoms with Gasteiger partial charge in [-0.2, -0.15) is 0 Å². The van der Waals surface area contributed by atoms with E-state index in [-0.39, 0.29) is 30.6 Å². The second-order valence-electron chi connectivity index (χ2n) is 4.89. The molecular weight excluding hydrogens is 264 g/mol. The van der Waals surface area contributed by atoms with Crippen LogP contribution in [0.25, 0.3) is 0 Å². The molecule has 1 amide bonds. The topological polar surface area (TPSA) is 110 Å². The molecule has 1 aliphatic rings. The summed E-state index contributed by atoms with van der Waals surface area (Å²) in [6.45, 7) is 3.14. The van der Waals surface area contributed by atoms with Gasteiger partial charge in [0, 0.05) is 19.5 Å². The lowest BCUT2D eigenvalue weighted by molar-refractivity contribution is -0.151. The molecule has 0 aromatic carbocycles. The van der Waals surface area contributed by atoms with Gasteiger partial charge in [-0.15, -0.1) is 0 Å². The highest BCUT2D eigenvalue weighted by molar-refractivity contribution is 5.79. The summed E-state index contributed by atoms with van der Waals surface area (Å²) in [5, 5.41) is 8.65. The molecule has 1 saturated heterocycles. The molecule has 0 radical (unpaired) electrons. The minimum absolute atomic E-state index is 0.107. The maximum absolute atomic E-state index is 11.9. The molecule has 7 heteroatoms. The van der Waals surface area contributed by atoms with E-state index in [1.165, 1.54) is 0 Å². The Morgan fingerprint density at radius 2 is 1.95 bits per heavy atom. The van der Waals surface area contributed by atoms with Crippen molar-refractivity contribution in [3.8, 4) is 0 Å². The number of nitrogens with two attached hydrogens (primary N) is 1. The maximum atomic E-state index is 11.9. The van der Waals surface area contributed by atoms with Gasteiger partial charge >= 0.3 is 11.9 Å². The molecular formula is C13H22N2O5. The molecule has 0 spiro atoms. The van der Waals surface area contributed by atoms with Crippen molar-refractivity contribution in [3.05, 3.63) is 0 Å². The smallest absolute Gasteiger partial charge is 0.320 e. The fraction of sp³-hybridized carbons (Fsp3) is 0.769. The number of carbonyl (C=O) groups is 3. The number of carboxylic acids is 1. The van der Waals surface area contributed by atoms with Crippen LogP contribution in [0.3, 0.4) is 0 Å². The molecule has 7 nitrogen and oxygen atoms in total. The summed E-state index contributed by atoms with van der Waals surface area (Å²) in [4.78, 5) is 35.7. The number of esters is 1. The molecule has 0 aliphatic carbocycles.